The lowest BCUT2D eigenvalue weighted by molar-refractivity contribution is -0.116. The maximum atomic E-state index is 11.7. The summed E-state index contributed by atoms with van der Waals surface area (Å²) in [5.41, 5.74) is 0.796. The molecule has 0 radical (unpaired) electrons. The summed E-state index contributed by atoms with van der Waals surface area (Å²) in [4.78, 5) is 18.5. The Hall–Kier alpha value is -1.58. The van der Waals surface area contributed by atoms with Gasteiger partial charge in [-0.3, -0.25) is 4.79 Å². The van der Waals surface area contributed by atoms with Crippen molar-refractivity contribution in [2.45, 2.75) is 51.9 Å². The molecular weight excluding hydrogens is 250 g/mol. The number of carbonyl (C=O) groups is 1. The monoisotopic (exact) mass is 275 g/mol. The van der Waals surface area contributed by atoms with Gasteiger partial charge in [-0.25, -0.2) is 4.98 Å². The lowest BCUT2D eigenvalue weighted by Gasteiger charge is -2.21. The van der Waals surface area contributed by atoms with E-state index in [9.17, 15) is 4.79 Å². The highest BCUT2D eigenvalue weighted by atomic mass is 16.1. The third-order valence-corrected chi connectivity index (χ3v) is 3.72. The number of anilines is 2. The minimum Gasteiger partial charge on any atom is -0.357 e. The number of rotatable bonds is 5. The van der Waals surface area contributed by atoms with Gasteiger partial charge in [0.05, 0.1) is 11.9 Å². The second-order valence-electron chi connectivity index (χ2n) is 5.46. The molecule has 2 rings (SSSR count). The smallest absolute Gasteiger partial charge is 0.224 e. The molecule has 1 aliphatic rings. The van der Waals surface area contributed by atoms with E-state index in [2.05, 4.69) is 22.1 Å². The van der Waals surface area contributed by atoms with Gasteiger partial charge in [0, 0.05) is 19.5 Å². The zero-order valence-electron chi connectivity index (χ0n) is 12.4. The van der Waals surface area contributed by atoms with Crippen LogP contribution in [0.5, 0.6) is 0 Å². The molecule has 1 saturated heterocycles. The van der Waals surface area contributed by atoms with Gasteiger partial charge in [-0.2, -0.15) is 0 Å². The van der Waals surface area contributed by atoms with Crippen molar-refractivity contribution in [3.63, 3.8) is 0 Å². The Labute approximate surface area is 121 Å². The lowest BCUT2D eigenvalue weighted by atomic mass is 10.2. The Morgan fingerprint density at radius 3 is 2.60 bits per heavy atom. The van der Waals surface area contributed by atoms with Crippen LogP contribution in [0.2, 0.25) is 0 Å². The summed E-state index contributed by atoms with van der Waals surface area (Å²) in [7, 11) is 0. The molecule has 0 unspecified atom stereocenters. The highest BCUT2D eigenvalue weighted by Crippen LogP contribution is 2.18. The molecule has 0 spiro atoms. The van der Waals surface area contributed by atoms with Crippen LogP contribution in [-0.4, -0.2) is 24.0 Å². The minimum atomic E-state index is 0.0798. The summed E-state index contributed by atoms with van der Waals surface area (Å²) in [5, 5.41) is 2.90. The highest BCUT2D eigenvalue weighted by molar-refractivity contribution is 5.90. The van der Waals surface area contributed by atoms with Crippen molar-refractivity contribution in [2.24, 2.45) is 0 Å². The Balaban J connectivity index is 1.90. The number of hydrogen-bond donors (Lipinski definition) is 1. The topological polar surface area (TPSA) is 45.2 Å². The Kier molecular flexibility index (Phi) is 5.84. The van der Waals surface area contributed by atoms with E-state index < -0.39 is 0 Å². The number of nitrogens with zero attached hydrogens (tertiary/aromatic N) is 2. The first kappa shape index (κ1) is 14.8. The molecule has 0 atom stereocenters. The molecule has 1 aromatic rings. The molecule has 110 valence electrons. The van der Waals surface area contributed by atoms with Gasteiger partial charge in [-0.15, -0.1) is 0 Å². The van der Waals surface area contributed by atoms with Gasteiger partial charge in [0.2, 0.25) is 5.91 Å². The standard InChI is InChI=1S/C16H25N3O/c1-2-3-8-16(20)18-14-9-10-15(17-13-14)19-11-6-4-5-7-12-19/h9-10,13H,2-8,11-12H2,1H3,(H,18,20). The first-order valence-electron chi connectivity index (χ1n) is 7.80. The third-order valence-electron chi connectivity index (χ3n) is 3.72. The van der Waals surface area contributed by atoms with Gasteiger partial charge >= 0.3 is 0 Å². The van der Waals surface area contributed by atoms with E-state index in [-0.39, 0.29) is 5.91 Å². The largest absolute Gasteiger partial charge is 0.357 e. The summed E-state index contributed by atoms with van der Waals surface area (Å²) in [6.07, 6.45) is 9.47. The summed E-state index contributed by atoms with van der Waals surface area (Å²) in [6, 6.07) is 3.97. The van der Waals surface area contributed by atoms with E-state index in [1.165, 1.54) is 25.7 Å². The Morgan fingerprint density at radius 2 is 2.00 bits per heavy atom. The molecule has 1 N–H and O–H groups in total. The molecule has 2 heterocycles. The van der Waals surface area contributed by atoms with Crippen LogP contribution in [0.3, 0.4) is 0 Å². The number of carbonyl (C=O) groups excluding carboxylic acids is 1. The van der Waals surface area contributed by atoms with Crippen molar-refractivity contribution in [1.29, 1.82) is 0 Å². The van der Waals surface area contributed by atoms with Gasteiger partial charge in [0.25, 0.3) is 0 Å². The summed E-state index contributed by atoms with van der Waals surface area (Å²) in [6.45, 7) is 4.27. The van der Waals surface area contributed by atoms with E-state index in [0.29, 0.717) is 6.42 Å². The first-order valence-corrected chi connectivity index (χ1v) is 7.80. The second-order valence-corrected chi connectivity index (χ2v) is 5.46. The molecule has 4 nitrogen and oxygen atoms in total. The number of aromatic nitrogens is 1. The highest BCUT2D eigenvalue weighted by Gasteiger charge is 2.11. The van der Waals surface area contributed by atoms with Crippen LogP contribution < -0.4 is 10.2 Å². The molecule has 1 aromatic heterocycles. The number of hydrogen-bond acceptors (Lipinski definition) is 3. The molecule has 0 saturated carbocycles. The molecule has 20 heavy (non-hydrogen) atoms. The van der Waals surface area contributed by atoms with Gasteiger partial charge in [0.15, 0.2) is 0 Å². The van der Waals surface area contributed by atoms with Crippen LogP contribution in [0.1, 0.15) is 51.9 Å². The lowest BCUT2D eigenvalue weighted by Crippen LogP contribution is -2.24. The van der Waals surface area contributed by atoms with Gasteiger partial charge in [0.1, 0.15) is 5.82 Å². The molecule has 0 aliphatic carbocycles. The molecule has 0 aromatic carbocycles. The quantitative estimate of drug-likeness (QED) is 0.893. The Morgan fingerprint density at radius 1 is 1.25 bits per heavy atom. The fourth-order valence-corrected chi connectivity index (χ4v) is 2.51. The van der Waals surface area contributed by atoms with Crippen molar-refractivity contribution >= 4 is 17.4 Å². The number of pyridine rings is 1. The fourth-order valence-electron chi connectivity index (χ4n) is 2.51. The predicted molar refractivity (Wildman–Crippen MR) is 83.1 cm³/mol. The van der Waals surface area contributed by atoms with Crippen molar-refractivity contribution in [3.05, 3.63) is 18.3 Å². The molecule has 4 heteroatoms. The molecule has 1 amide bonds. The maximum absolute atomic E-state index is 11.7. The molecule has 1 aliphatic heterocycles. The fraction of sp³-hybridized carbons (Fsp3) is 0.625. The van der Waals surface area contributed by atoms with E-state index >= 15 is 0 Å². The zero-order valence-corrected chi connectivity index (χ0v) is 12.4. The number of unbranched alkanes of at least 4 members (excludes halogenated alkanes) is 1. The van der Waals surface area contributed by atoms with Gasteiger partial charge in [-0.1, -0.05) is 26.2 Å². The zero-order chi connectivity index (χ0) is 14.2. The minimum absolute atomic E-state index is 0.0798. The molecular formula is C16H25N3O. The van der Waals surface area contributed by atoms with Crippen molar-refractivity contribution < 1.29 is 4.79 Å². The van der Waals surface area contributed by atoms with Crippen molar-refractivity contribution in [3.8, 4) is 0 Å². The second kappa shape index (κ2) is 7.88. The maximum Gasteiger partial charge on any atom is 0.224 e. The van der Waals surface area contributed by atoms with Gasteiger partial charge < -0.3 is 10.2 Å². The van der Waals surface area contributed by atoms with Crippen LogP contribution >= 0.6 is 0 Å². The van der Waals surface area contributed by atoms with Crippen LogP contribution in [0.15, 0.2) is 18.3 Å². The van der Waals surface area contributed by atoms with E-state index in [1.54, 1.807) is 6.20 Å². The van der Waals surface area contributed by atoms with Crippen molar-refractivity contribution in [1.82, 2.24) is 4.98 Å². The summed E-state index contributed by atoms with van der Waals surface area (Å²) in [5.74, 6) is 1.11. The molecule has 1 fully saturated rings. The normalized spacial score (nSPS) is 15.8. The average Bonchev–Trinajstić information content (AvgIpc) is 2.75. The van der Waals surface area contributed by atoms with E-state index in [1.807, 2.05) is 12.1 Å². The summed E-state index contributed by atoms with van der Waals surface area (Å²) >= 11 is 0. The Bertz CT molecular complexity index is 408. The predicted octanol–water partition coefficient (Wildman–Crippen LogP) is 3.59. The third kappa shape index (κ3) is 4.51. The van der Waals surface area contributed by atoms with Crippen LogP contribution in [0, 0.1) is 0 Å². The number of amides is 1. The van der Waals surface area contributed by atoms with Gasteiger partial charge in [-0.05, 0) is 31.4 Å². The van der Waals surface area contributed by atoms with Crippen LogP contribution in [0.25, 0.3) is 0 Å². The first-order chi connectivity index (χ1) is 9.79. The summed E-state index contributed by atoms with van der Waals surface area (Å²) < 4.78 is 0. The molecule has 0 bridgehead atoms. The number of nitrogens with one attached hydrogen (secondary N) is 1. The van der Waals surface area contributed by atoms with Crippen LogP contribution in [-0.2, 0) is 4.79 Å². The van der Waals surface area contributed by atoms with E-state index in [0.717, 1.165) is 37.4 Å². The average molecular weight is 275 g/mol. The van der Waals surface area contributed by atoms with Crippen LogP contribution in [0.4, 0.5) is 11.5 Å². The van der Waals surface area contributed by atoms with E-state index in [4.69, 9.17) is 0 Å². The SMILES string of the molecule is CCCCC(=O)Nc1ccc(N2CCCCCC2)nc1. The van der Waals surface area contributed by atoms with Crippen molar-refractivity contribution in [2.75, 3.05) is 23.3 Å².